The van der Waals surface area contributed by atoms with E-state index in [0.29, 0.717) is 16.6 Å². The van der Waals surface area contributed by atoms with Crippen LogP contribution in [0.4, 0.5) is 11.4 Å². The lowest BCUT2D eigenvalue weighted by molar-refractivity contribution is -0.131. The van der Waals surface area contributed by atoms with Crippen molar-refractivity contribution in [2.75, 3.05) is 12.4 Å². The molecule has 1 heterocycles. The summed E-state index contributed by atoms with van der Waals surface area (Å²) < 4.78 is 5.32. The van der Waals surface area contributed by atoms with Crippen LogP contribution in [0.1, 0.15) is 11.1 Å². The summed E-state index contributed by atoms with van der Waals surface area (Å²) in [6, 6.07) is 17.7. The Hall–Kier alpha value is -2.96. The Labute approximate surface area is 178 Å². The van der Waals surface area contributed by atoms with Gasteiger partial charge in [0.15, 0.2) is 5.75 Å². The molecular formula is C22H19ClN2O3S. The van der Waals surface area contributed by atoms with E-state index in [1.165, 1.54) is 11.8 Å². The summed E-state index contributed by atoms with van der Waals surface area (Å²) in [4.78, 5) is 16.1. The van der Waals surface area contributed by atoms with E-state index in [4.69, 9.17) is 21.4 Å². The predicted octanol–water partition coefficient (Wildman–Crippen LogP) is 5.88. The molecule has 0 unspecified atom stereocenters. The number of nitrogens with one attached hydrogen (secondary N) is 1. The highest BCUT2D eigenvalue weighted by Crippen LogP contribution is 2.33. The van der Waals surface area contributed by atoms with Crippen molar-refractivity contribution in [2.24, 2.45) is 0 Å². The van der Waals surface area contributed by atoms with E-state index in [2.05, 4.69) is 22.4 Å². The summed E-state index contributed by atoms with van der Waals surface area (Å²) in [7, 11) is 1.55. The Kier molecular flexibility index (Phi) is 7.16. The first-order valence-corrected chi connectivity index (χ1v) is 10.1. The second kappa shape index (κ2) is 10.0. The van der Waals surface area contributed by atoms with Crippen LogP contribution in [0.2, 0.25) is 5.15 Å². The number of carboxylic acid groups (broad SMARTS) is 1. The average Bonchev–Trinajstić information content (AvgIpc) is 2.73. The molecule has 3 aromatic rings. The number of thioether (sulfide) groups is 1. The highest BCUT2D eigenvalue weighted by Gasteiger charge is 2.09. The fourth-order valence-corrected chi connectivity index (χ4v) is 3.67. The molecule has 0 spiro atoms. The SMILES string of the molecule is COc1cnc(Cl)cc1Nc1ccc(SCc2ccccc2)cc1/C=C/C(=O)O. The molecule has 7 heteroatoms. The number of carboxylic acids is 1. The molecule has 0 saturated heterocycles. The van der Waals surface area contributed by atoms with Crippen LogP contribution in [0.15, 0.2) is 71.8 Å². The molecule has 0 amide bonds. The molecule has 148 valence electrons. The van der Waals surface area contributed by atoms with Crippen molar-refractivity contribution in [1.82, 2.24) is 4.98 Å². The number of anilines is 2. The first-order chi connectivity index (χ1) is 14.0. The predicted molar refractivity (Wildman–Crippen MR) is 118 cm³/mol. The third kappa shape index (κ3) is 6.01. The van der Waals surface area contributed by atoms with Gasteiger partial charge in [-0.2, -0.15) is 0 Å². The van der Waals surface area contributed by atoms with Crippen LogP contribution in [-0.2, 0) is 10.5 Å². The summed E-state index contributed by atoms with van der Waals surface area (Å²) in [5.41, 5.74) is 3.33. The Morgan fingerprint density at radius 2 is 2.00 bits per heavy atom. The number of aliphatic carboxylic acids is 1. The molecule has 0 atom stereocenters. The molecule has 2 aromatic carbocycles. The molecule has 0 radical (unpaired) electrons. The zero-order chi connectivity index (χ0) is 20.6. The maximum Gasteiger partial charge on any atom is 0.328 e. The third-order valence-electron chi connectivity index (χ3n) is 4.00. The Balaban J connectivity index is 1.88. The van der Waals surface area contributed by atoms with Crippen LogP contribution >= 0.6 is 23.4 Å². The number of ether oxygens (including phenoxy) is 1. The minimum Gasteiger partial charge on any atom is -0.493 e. The molecule has 1 aromatic heterocycles. The zero-order valence-corrected chi connectivity index (χ0v) is 17.2. The van der Waals surface area contributed by atoms with Gasteiger partial charge in [0.25, 0.3) is 0 Å². The van der Waals surface area contributed by atoms with Gasteiger partial charge in [0, 0.05) is 28.5 Å². The molecule has 0 fully saturated rings. The van der Waals surface area contributed by atoms with Crippen molar-refractivity contribution < 1.29 is 14.6 Å². The van der Waals surface area contributed by atoms with Crippen molar-refractivity contribution in [1.29, 1.82) is 0 Å². The minimum absolute atomic E-state index is 0.325. The summed E-state index contributed by atoms with van der Waals surface area (Å²) in [6.45, 7) is 0. The quantitative estimate of drug-likeness (QED) is 0.266. The minimum atomic E-state index is -1.01. The van der Waals surface area contributed by atoms with E-state index in [9.17, 15) is 4.79 Å². The number of benzene rings is 2. The lowest BCUT2D eigenvalue weighted by atomic mass is 10.1. The van der Waals surface area contributed by atoms with Crippen LogP contribution < -0.4 is 10.1 Å². The van der Waals surface area contributed by atoms with Crippen molar-refractivity contribution in [2.45, 2.75) is 10.6 Å². The van der Waals surface area contributed by atoms with Gasteiger partial charge in [-0.3, -0.25) is 0 Å². The van der Waals surface area contributed by atoms with E-state index in [0.717, 1.165) is 28.0 Å². The van der Waals surface area contributed by atoms with E-state index in [1.54, 1.807) is 31.0 Å². The second-order valence-corrected chi connectivity index (χ2v) is 7.46. The number of nitrogens with zero attached hydrogens (tertiary/aromatic N) is 1. The zero-order valence-electron chi connectivity index (χ0n) is 15.6. The Morgan fingerprint density at radius 3 is 2.72 bits per heavy atom. The number of aromatic nitrogens is 1. The van der Waals surface area contributed by atoms with E-state index >= 15 is 0 Å². The number of methoxy groups -OCH3 is 1. The maximum absolute atomic E-state index is 11.0. The van der Waals surface area contributed by atoms with E-state index in [-0.39, 0.29) is 0 Å². The fraction of sp³-hybridized carbons (Fsp3) is 0.0909. The van der Waals surface area contributed by atoms with Gasteiger partial charge in [-0.05, 0) is 35.4 Å². The number of hydrogen-bond acceptors (Lipinski definition) is 5. The van der Waals surface area contributed by atoms with Gasteiger partial charge < -0.3 is 15.2 Å². The standard InChI is InChI=1S/C22H19ClN2O3S/c1-28-20-13-24-21(23)12-19(20)25-18-9-8-17(11-16(18)7-10-22(26)27)29-14-15-5-3-2-4-6-15/h2-13H,14H2,1H3,(H,24,25)(H,26,27)/b10-7+. The number of carbonyl (C=O) groups is 1. The van der Waals surface area contributed by atoms with Gasteiger partial charge in [-0.1, -0.05) is 41.9 Å². The highest BCUT2D eigenvalue weighted by atomic mass is 35.5. The monoisotopic (exact) mass is 426 g/mol. The van der Waals surface area contributed by atoms with Gasteiger partial charge in [-0.25, -0.2) is 9.78 Å². The van der Waals surface area contributed by atoms with Gasteiger partial charge in [0.05, 0.1) is 19.0 Å². The van der Waals surface area contributed by atoms with Gasteiger partial charge in [0.1, 0.15) is 5.15 Å². The van der Waals surface area contributed by atoms with Crippen LogP contribution in [0.3, 0.4) is 0 Å². The number of halogens is 1. The average molecular weight is 427 g/mol. The van der Waals surface area contributed by atoms with Gasteiger partial charge >= 0.3 is 5.97 Å². The van der Waals surface area contributed by atoms with Crippen LogP contribution in [-0.4, -0.2) is 23.2 Å². The van der Waals surface area contributed by atoms with Crippen molar-refractivity contribution in [3.63, 3.8) is 0 Å². The largest absolute Gasteiger partial charge is 0.493 e. The molecule has 0 aliphatic carbocycles. The molecule has 0 aliphatic heterocycles. The molecule has 29 heavy (non-hydrogen) atoms. The van der Waals surface area contributed by atoms with Crippen molar-refractivity contribution in [3.05, 3.63) is 83.2 Å². The normalized spacial score (nSPS) is 10.8. The van der Waals surface area contributed by atoms with Crippen molar-refractivity contribution in [3.8, 4) is 5.75 Å². The fourth-order valence-electron chi connectivity index (χ4n) is 2.61. The van der Waals surface area contributed by atoms with Gasteiger partial charge in [-0.15, -0.1) is 11.8 Å². The smallest absolute Gasteiger partial charge is 0.328 e. The van der Waals surface area contributed by atoms with Crippen LogP contribution in [0.25, 0.3) is 6.08 Å². The maximum atomic E-state index is 11.0. The molecule has 3 rings (SSSR count). The third-order valence-corrected chi connectivity index (χ3v) is 5.27. The van der Waals surface area contributed by atoms with Gasteiger partial charge in [0.2, 0.25) is 0 Å². The van der Waals surface area contributed by atoms with Crippen LogP contribution in [0.5, 0.6) is 5.75 Å². The highest BCUT2D eigenvalue weighted by molar-refractivity contribution is 7.98. The summed E-state index contributed by atoms with van der Waals surface area (Å²) >= 11 is 7.69. The molecule has 0 bridgehead atoms. The Bertz CT molecular complexity index is 1030. The topological polar surface area (TPSA) is 71.5 Å². The number of pyridine rings is 1. The molecular weight excluding hydrogens is 408 g/mol. The van der Waals surface area contributed by atoms with Crippen molar-refractivity contribution >= 4 is 46.8 Å². The number of hydrogen-bond donors (Lipinski definition) is 2. The molecule has 5 nitrogen and oxygen atoms in total. The lowest BCUT2D eigenvalue weighted by Crippen LogP contribution is -1.98. The second-order valence-electron chi connectivity index (χ2n) is 6.03. The summed E-state index contributed by atoms with van der Waals surface area (Å²) in [5, 5.41) is 12.6. The Morgan fingerprint density at radius 1 is 1.21 bits per heavy atom. The first-order valence-electron chi connectivity index (χ1n) is 8.73. The number of rotatable bonds is 8. The van der Waals surface area contributed by atoms with Crippen LogP contribution in [0, 0.1) is 0 Å². The molecule has 0 aliphatic rings. The lowest BCUT2D eigenvalue weighted by Gasteiger charge is -2.14. The van der Waals surface area contributed by atoms with E-state index in [1.807, 2.05) is 36.4 Å². The summed E-state index contributed by atoms with van der Waals surface area (Å²) in [6.07, 6.45) is 4.21. The molecule has 0 saturated carbocycles. The summed E-state index contributed by atoms with van der Waals surface area (Å²) in [5.74, 6) is 0.344. The van der Waals surface area contributed by atoms with E-state index < -0.39 is 5.97 Å². The first kappa shape index (κ1) is 20.8. The molecule has 2 N–H and O–H groups in total.